The molecule has 76 valence electrons. The van der Waals surface area contributed by atoms with Crippen molar-refractivity contribution in [3.8, 4) is 0 Å². The van der Waals surface area contributed by atoms with Gasteiger partial charge in [-0.05, 0) is 18.6 Å². The normalized spacial score (nSPS) is 29.4. The Kier molecular flexibility index (Phi) is 2.19. The van der Waals surface area contributed by atoms with Crippen molar-refractivity contribution in [2.75, 3.05) is 5.32 Å². The van der Waals surface area contributed by atoms with E-state index in [0.717, 1.165) is 12.2 Å². The minimum absolute atomic E-state index is 0.178. The quantitative estimate of drug-likeness (QED) is 0.747. The predicted octanol–water partition coefficient (Wildman–Crippen LogP) is 1.62. The molecule has 2 rings (SSSR count). The molecule has 1 aromatic heterocycles. The maximum Gasteiger partial charge on any atom is 0.126 e. The minimum atomic E-state index is 0.178. The van der Waals surface area contributed by atoms with E-state index in [0.29, 0.717) is 12.1 Å². The van der Waals surface area contributed by atoms with E-state index in [-0.39, 0.29) is 5.41 Å². The second-order valence-electron chi connectivity index (χ2n) is 4.58. The van der Waals surface area contributed by atoms with Crippen LogP contribution in [0.4, 0.5) is 5.82 Å². The first kappa shape index (κ1) is 9.46. The lowest BCUT2D eigenvalue weighted by Gasteiger charge is -2.50. The van der Waals surface area contributed by atoms with Gasteiger partial charge < -0.3 is 11.1 Å². The molecule has 0 aromatic carbocycles. The van der Waals surface area contributed by atoms with E-state index < -0.39 is 0 Å². The summed E-state index contributed by atoms with van der Waals surface area (Å²) in [5.41, 5.74) is 6.12. The highest BCUT2D eigenvalue weighted by Gasteiger charge is 2.46. The highest BCUT2D eigenvalue weighted by molar-refractivity contribution is 5.37. The summed E-state index contributed by atoms with van der Waals surface area (Å²) < 4.78 is 0. The average molecular weight is 191 g/mol. The van der Waals surface area contributed by atoms with Crippen molar-refractivity contribution in [3.63, 3.8) is 0 Å². The van der Waals surface area contributed by atoms with Crippen LogP contribution in [-0.2, 0) is 0 Å². The number of hydrogen-bond acceptors (Lipinski definition) is 3. The average Bonchev–Trinajstić information content (AvgIpc) is 2.19. The van der Waals surface area contributed by atoms with Crippen LogP contribution in [-0.4, -0.2) is 17.1 Å². The smallest absolute Gasteiger partial charge is 0.126 e. The van der Waals surface area contributed by atoms with Gasteiger partial charge in [0.25, 0.3) is 0 Å². The highest BCUT2D eigenvalue weighted by atomic mass is 15.1. The predicted molar refractivity (Wildman–Crippen MR) is 58.0 cm³/mol. The van der Waals surface area contributed by atoms with Crippen LogP contribution in [0.3, 0.4) is 0 Å². The summed E-state index contributed by atoms with van der Waals surface area (Å²) in [4.78, 5) is 4.24. The number of nitrogens with two attached hydrogens (primary N) is 1. The summed E-state index contributed by atoms with van der Waals surface area (Å²) in [5, 5.41) is 3.41. The second kappa shape index (κ2) is 3.24. The lowest BCUT2D eigenvalue weighted by atomic mass is 9.63. The van der Waals surface area contributed by atoms with Gasteiger partial charge in [-0.1, -0.05) is 19.9 Å². The monoisotopic (exact) mass is 191 g/mol. The fourth-order valence-corrected chi connectivity index (χ4v) is 1.83. The van der Waals surface area contributed by atoms with E-state index in [1.54, 1.807) is 6.20 Å². The topological polar surface area (TPSA) is 50.9 Å². The molecular formula is C11H17N3. The Balaban J connectivity index is 2.01. The van der Waals surface area contributed by atoms with E-state index in [9.17, 15) is 0 Å². The van der Waals surface area contributed by atoms with Crippen molar-refractivity contribution in [1.29, 1.82) is 0 Å². The van der Waals surface area contributed by atoms with Gasteiger partial charge in [0.15, 0.2) is 0 Å². The van der Waals surface area contributed by atoms with E-state index in [1.165, 1.54) is 0 Å². The molecular weight excluding hydrogens is 174 g/mol. The van der Waals surface area contributed by atoms with Crippen LogP contribution in [0.1, 0.15) is 20.3 Å². The Morgan fingerprint density at radius 1 is 1.50 bits per heavy atom. The number of nitrogens with one attached hydrogen (secondary N) is 1. The number of hydrogen-bond donors (Lipinski definition) is 2. The summed E-state index contributed by atoms with van der Waals surface area (Å²) in [6.45, 7) is 4.39. The van der Waals surface area contributed by atoms with Crippen molar-refractivity contribution >= 4 is 5.82 Å². The summed E-state index contributed by atoms with van der Waals surface area (Å²) >= 11 is 0. The molecule has 1 aromatic rings. The third-order valence-electron chi connectivity index (χ3n) is 3.33. The standard InChI is InChI=1S/C11H17N3/c1-11(2)8(12)7-9(11)14-10-5-3-4-6-13-10/h3-6,8-9H,7,12H2,1-2H3,(H,13,14). The zero-order valence-corrected chi connectivity index (χ0v) is 8.70. The molecule has 3 N–H and O–H groups in total. The Morgan fingerprint density at radius 3 is 2.79 bits per heavy atom. The van der Waals surface area contributed by atoms with E-state index in [2.05, 4.69) is 24.1 Å². The van der Waals surface area contributed by atoms with Gasteiger partial charge in [-0.2, -0.15) is 0 Å². The van der Waals surface area contributed by atoms with Crippen molar-refractivity contribution in [1.82, 2.24) is 4.98 Å². The Labute approximate surface area is 84.7 Å². The molecule has 1 aliphatic carbocycles. The van der Waals surface area contributed by atoms with Crippen molar-refractivity contribution in [3.05, 3.63) is 24.4 Å². The second-order valence-corrected chi connectivity index (χ2v) is 4.58. The molecule has 1 saturated carbocycles. The molecule has 0 amide bonds. The van der Waals surface area contributed by atoms with Crippen LogP contribution in [0.25, 0.3) is 0 Å². The fourth-order valence-electron chi connectivity index (χ4n) is 1.83. The van der Waals surface area contributed by atoms with Crippen LogP contribution >= 0.6 is 0 Å². The van der Waals surface area contributed by atoms with Gasteiger partial charge in [-0.25, -0.2) is 4.98 Å². The van der Waals surface area contributed by atoms with Crippen LogP contribution < -0.4 is 11.1 Å². The van der Waals surface area contributed by atoms with Gasteiger partial charge >= 0.3 is 0 Å². The molecule has 0 bridgehead atoms. The first-order valence-corrected chi connectivity index (χ1v) is 5.04. The molecule has 14 heavy (non-hydrogen) atoms. The summed E-state index contributed by atoms with van der Waals surface area (Å²) in [6, 6.07) is 6.65. The van der Waals surface area contributed by atoms with Gasteiger partial charge in [-0.3, -0.25) is 0 Å². The van der Waals surface area contributed by atoms with Gasteiger partial charge in [0.1, 0.15) is 5.82 Å². The van der Waals surface area contributed by atoms with Crippen LogP contribution in [0.5, 0.6) is 0 Å². The fraction of sp³-hybridized carbons (Fsp3) is 0.545. The number of rotatable bonds is 2. The summed E-state index contributed by atoms with van der Waals surface area (Å²) in [5.74, 6) is 0.942. The third-order valence-corrected chi connectivity index (χ3v) is 3.33. The molecule has 1 fully saturated rings. The molecule has 3 nitrogen and oxygen atoms in total. The molecule has 0 saturated heterocycles. The Bertz CT molecular complexity index is 308. The molecule has 1 aliphatic rings. The van der Waals surface area contributed by atoms with Crippen molar-refractivity contribution < 1.29 is 0 Å². The van der Waals surface area contributed by atoms with E-state index >= 15 is 0 Å². The van der Waals surface area contributed by atoms with Crippen molar-refractivity contribution in [2.45, 2.75) is 32.4 Å². The molecule has 3 heteroatoms. The molecule has 1 heterocycles. The largest absolute Gasteiger partial charge is 0.367 e. The maximum absolute atomic E-state index is 5.94. The molecule has 0 radical (unpaired) electrons. The van der Waals surface area contributed by atoms with E-state index in [4.69, 9.17) is 5.73 Å². The SMILES string of the molecule is CC1(C)C(N)CC1Nc1ccccn1. The molecule has 0 spiro atoms. The van der Waals surface area contributed by atoms with Gasteiger partial charge in [0, 0.05) is 23.7 Å². The first-order chi connectivity index (χ1) is 6.60. The molecule has 2 atom stereocenters. The number of anilines is 1. The number of nitrogens with zero attached hydrogens (tertiary/aromatic N) is 1. The van der Waals surface area contributed by atoms with Crippen LogP contribution in [0, 0.1) is 5.41 Å². The number of pyridine rings is 1. The van der Waals surface area contributed by atoms with Gasteiger partial charge in [0.2, 0.25) is 0 Å². The Morgan fingerprint density at radius 2 is 2.29 bits per heavy atom. The van der Waals surface area contributed by atoms with Crippen LogP contribution in [0.2, 0.25) is 0 Å². The van der Waals surface area contributed by atoms with Gasteiger partial charge in [-0.15, -0.1) is 0 Å². The van der Waals surface area contributed by atoms with Crippen molar-refractivity contribution in [2.24, 2.45) is 11.1 Å². The third kappa shape index (κ3) is 1.48. The van der Waals surface area contributed by atoms with Crippen LogP contribution in [0.15, 0.2) is 24.4 Å². The lowest BCUT2D eigenvalue weighted by molar-refractivity contribution is 0.117. The maximum atomic E-state index is 5.94. The van der Waals surface area contributed by atoms with E-state index in [1.807, 2.05) is 18.2 Å². The minimum Gasteiger partial charge on any atom is -0.367 e. The lowest BCUT2D eigenvalue weighted by Crippen LogP contribution is -2.61. The van der Waals surface area contributed by atoms with Gasteiger partial charge in [0.05, 0.1) is 0 Å². The summed E-state index contributed by atoms with van der Waals surface area (Å²) in [7, 11) is 0. The molecule has 2 unspecified atom stereocenters. The first-order valence-electron chi connectivity index (χ1n) is 5.04. The number of aromatic nitrogens is 1. The zero-order valence-electron chi connectivity index (χ0n) is 8.70. The highest BCUT2D eigenvalue weighted by Crippen LogP contribution is 2.40. The Hall–Kier alpha value is -1.09. The molecule has 0 aliphatic heterocycles. The summed E-state index contributed by atoms with van der Waals surface area (Å²) in [6.07, 6.45) is 2.83. The zero-order chi connectivity index (χ0) is 10.2.